The third-order valence-corrected chi connectivity index (χ3v) is 8.19. The topological polar surface area (TPSA) is 70.9 Å². The van der Waals surface area contributed by atoms with E-state index in [2.05, 4.69) is 19.2 Å². The molecule has 0 radical (unpaired) electrons. The number of rotatable bonds is 5. The number of carbonyl (C=O) groups is 1. The zero-order chi connectivity index (χ0) is 19.4. The van der Waals surface area contributed by atoms with Crippen molar-refractivity contribution < 1.29 is 18.1 Å². The summed E-state index contributed by atoms with van der Waals surface area (Å²) in [5, 5.41) is 3.22. The predicted octanol–water partition coefficient (Wildman–Crippen LogP) is 0.517. The SMILES string of the molecule is C[C@@H]1[C@H](C)CCC[C@@H]1NC(=O)C[NH+]1CCN(S(=O)(=O)c2ccccc2)CC1. The van der Waals surface area contributed by atoms with E-state index >= 15 is 0 Å². The van der Waals surface area contributed by atoms with Gasteiger partial charge in [0, 0.05) is 6.04 Å². The number of benzene rings is 1. The monoisotopic (exact) mass is 394 g/mol. The van der Waals surface area contributed by atoms with Crippen LogP contribution in [0, 0.1) is 11.8 Å². The Morgan fingerprint density at radius 3 is 2.48 bits per heavy atom. The molecule has 1 aliphatic heterocycles. The molecule has 0 bridgehead atoms. The number of quaternary nitrogens is 1. The normalized spacial score (nSPS) is 28.0. The van der Waals surface area contributed by atoms with Gasteiger partial charge < -0.3 is 10.2 Å². The summed E-state index contributed by atoms with van der Waals surface area (Å²) in [6.45, 7) is 7.16. The minimum absolute atomic E-state index is 0.0929. The molecule has 1 saturated carbocycles. The standard InChI is InChI=1S/C20H31N3O3S/c1-16-7-6-10-19(17(16)2)21-20(24)15-22-11-13-23(14-12-22)27(25,26)18-8-4-3-5-9-18/h3-5,8-9,16-17,19H,6-7,10-15H2,1-2H3,(H,21,24)/p+1/t16-,17-,19+/m1/s1. The Morgan fingerprint density at radius 1 is 1.15 bits per heavy atom. The zero-order valence-electron chi connectivity index (χ0n) is 16.4. The van der Waals surface area contributed by atoms with Crippen molar-refractivity contribution in [2.24, 2.45) is 11.8 Å². The highest BCUT2D eigenvalue weighted by Gasteiger charge is 2.32. The van der Waals surface area contributed by atoms with Gasteiger partial charge in [0.2, 0.25) is 10.0 Å². The third kappa shape index (κ3) is 4.89. The molecule has 2 N–H and O–H groups in total. The summed E-state index contributed by atoms with van der Waals surface area (Å²) in [6, 6.07) is 8.84. The Labute approximate surface area is 163 Å². The first-order valence-corrected chi connectivity index (χ1v) is 11.5. The van der Waals surface area contributed by atoms with Crippen molar-refractivity contribution in [3.05, 3.63) is 30.3 Å². The first-order valence-electron chi connectivity index (χ1n) is 10.1. The fraction of sp³-hybridized carbons (Fsp3) is 0.650. The second-order valence-electron chi connectivity index (χ2n) is 8.09. The van der Waals surface area contributed by atoms with Crippen LogP contribution >= 0.6 is 0 Å². The maximum Gasteiger partial charge on any atom is 0.275 e. The Kier molecular flexibility index (Phi) is 6.55. The van der Waals surface area contributed by atoms with E-state index in [0.29, 0.717) is 49.5 Å². The highest BCUT2D eigenvalue weighted by Crippen LogP contribution is 2.29. The van der Waals surface area contributed by atoms with Crippen molar-refractivity contribution >= 4 is 15.9 Å². The summed E-state index contributed by atoms with van der Waals surface area (Å²) < 4.78 is 26.9. The number of nitrogens with one attached hydrogen (secondary N) is 2. The number of amides is 1. The molecule has 3 atom stereocenters. The van der Waals surface area contributed by atoms with Gasteiger partial charge in [0.25, 0.3) is 5.91 Å². The molecule has 2 fully saturated rings. The molecule has 6 nitrogen and oxygen atoms in total. The summed E-state index contributed by atoms with van der Waals surface area (Å²) in [5.41, 5.74) is 0. The van der Waals surface area contributed by atoms with E-state index in [1.807, 2.05) is 6.07 Å². The molecule has 0 unspecified atom stereocenters. The first-order chi connectivity index (χ1) is 12.9. The zero-order valence-corrected chi connectivity index (χ0v) is 17.2. The van der Waals surface area contributed by atoms with Gasteiger partial charge in [-0.1, -0.05) is 44.9 Å². The average molecular weight is 395 g/mol. The maximum atomic E-state index is 12.7. The number of carbonyl (C=O) groups excluding carboxylic acids is 1. The van der Waals surface area contributed by atoms with Crippen LogP contribution in [-0.4, -0.2) is 57.4 Å². The minimum Gasteiger partial charge on any atom is -0.348 e. The largest absolute Gasteiger partial charge is 0.348 e. The van der Waals surface area contributed by atoms with Crippen LogP contribution in [0.1, 0.15) is 33.1 Å². The van der Waals surface area contributed by atoms with E-state index in [4.69, 9.17) is 0 Å². The quantitative estimate of drug-likeness (QED) is 0.765. The lowest BCUT2D eigenvalue weighted by molar-refractivity contribution is -0.895. The third-order valence-electron chi connectivity index (χ3n) is 6.27. The van der Waals surface area contributed by atoms with Crippen LogP contribution in [0.5, 0.6) is 0 Å². The van der Waals surface area contributed by atoms with Gasteiger partial charge in [0.15, 0.2) is 6.54 Å². The molecule has 0 aromatic heterocycles. The first kappa shape index (κ1) is 20.3. The van der Waals surface area contributed by atoms with Gasteiger partial charge in [-0.15, -0.1) is 0 Å². The molecule has 1 aliphatic carbocycles. The van der Waals surface area contributed by atoms with Gasteiger partial charge in [-0.05, 0) is 30.4 Å². The molecule has 1 aromatic rings. The van der Waals surface area contributed by atoms with E-state index < -0.39 is 10.0 Å². The van der Waals surface area contributed by atoms with Crippen LogP contribution in [0.3, 0.4) is 0 Å². The van der Waals surface area contributed by atoms with Gasteiger partial charge in [0.05, 0.1) is 31.1 Å². The molecular formula is C20H32N3O3S+. The fourth-order valence-corrected chi connectivity index (χ4v) is 5.69. The molecule has 150 valence electrons. The molecule has 7 heteroatoms. The molecule has 0 spiro atoms. The molecule has 2 aliphatic rings. The fourth-order valence-electron chi connectivity index (χ4n) is 4.23. The molecule has 3 rings (SSSR count). The van der Waals surface area contributed by atoms with Crippen molar-refractivity contribution in [1.29, 1.82) is 0 Å². The Bertz CT molecular complexity index is 730. The van der Waals surface area contributed by atoms with Crippen molar-refractivity contribution in [2.75, 3.05) is 32.7 Å². The van der Waals surface area contributed by atoms with E-state index in [0.717, 1.165) is 11.3 Å². The summed E-state index contributed by atoms with van der Waals surface area (Å²) in [5.74, 6) is 1.27. The summed E-state index contributed by atoms with van der Waals surface area (Å²) in [4.78, 5) is 14.0. The van der Waals surface area contributed by atoms with Crippen LogP contribution in [-0.2, 0) is 14.8 Å². The number of nitrogens with zero attached hydrogens (tertiary/aromatic N) is 1. The number of piperazine rings is 1. The maximum absolute atomic E-state index is 12.7. The Balaban J connectivity index is 1.49. The Morgan fingerprint density at radius 2 is 1.81 bits per heavy atom. The predicted molar refractivity (Wildman–Crippen MR) is 105 cm³/mol. The van der Waals surface area contributed by atoms with Crippen LogP contribution in [0.15, 0.2) is 35.2 Å². The van der Waals surface area contributed by atoms with Crippen molar-refractivity contribution in [1.82, 2.24) is 9.62 Å². The highest BCUT2D eigenvalue weighted by molar-refractivity contribution is 7.89. The molecular weight excluding hydrogens is 362 g/mol. The second-order valence-corrected chi connectivity index (χ2v) is 10.0. The summed E-state index contributed by atoms with van der Waals surface area (Å²) in [7, 11) is -3.43. The molecule has 1 amide bonds. The van der Waals surface area contributed by atoms with Crippen molar-refractivity contribution in [3.63, 3.8) is 0 Å². The van der Waals surface area contributed by atoms with E-state index in [1.165, 1.54) is 17.1 Å². The van der Waals surface area contributed by atoms with E-state index in [1.54, 1.807) is 24.3 Å². The molecule has 1 aromatic carbocycles. The van der Waals surface area contributed by atoms with Crippen LogP contribution in [0.2, 0.25) is 0 Å². The lowest BCUT2D eigenvalue weighted by atomic mass is 9.78. The average Bonchev–Trinajstić information content (AvgIpc) is 2.66. The van der Waals surface area contributed by atoms with E-state index in [9.17, 15) is 13.2 Å². The minimum atomic E-state index is -3.43. The van der Waals surface area contributed by atoms with E-state index in [-0.39, 0.29) is 11.9 Å². The van der Waals surface area contributed by atoms with Gasteiger partial charge in [0.1, 0.15) is 0 Å². The van der Waals surface area contributed by atoms with Crippen molar-refractivity contribution in [3.8, 4) is 0 Å². The lowest BCUT2D eigenvalue weighted by Crippen LogP contribution is -3.15. The van der Waals surface area contributed by atoms with Gasteiger partial charge in [-0.25, -0.2) is 8.42 Å². The Hall–Kier alpha value is -1.44. The van der Waals surface area contributed by atoms with Gasteiger partial charge in [-0.3, -0.25) is 4.79 Å². The number of hydrogen-bond donors (Lipinski definition) is 2. The molecule has 1 heterocycles. The second kappa shape index (κ2) is 8.71. The van der Waals surface area contributed by atoms with Crippen LogP contribution < -0.4 is 10.2 Å². The van der Waals surface area contributed by atoms with Crippen molar-refractivity contribution in [2.45, 2.75) is 44.0 Å². The smallest absolute Gasteiger partial charge is 0.275 e. The summed E-state index contributed by atoms with van der Waals surface area (Å²) >= 11 is 0. The number of sulfonamides is 1. The van der Waals surface area contributed by atoms with Crippen LogP contribution in [0.25, 0.3) is 0 Å². The van der Waals surface area contributed by atoms with Gasteiger partial charge >= 0.3 is 0 Å². The molecule has 27 heavy (non-hydrogen) atoms. The summed E-state index contributed by atoms with van der Waals surface area (Å²) in [6.07, 6.45) is 3.49. The highest BCUT2D eigenvalue weighted by atomic mass is 32.2. The lowest BCUT2D eigenvalue weighted by Gasteiger charge is -2.35. The van der Waals surface area contributed by atoms with Crippen LogP contribution in [0.4, 0.5) is 0 Å². The number of hydrogen-bond acceptors (Lipinski definition) is 3. The molecule has 1 saturated heterocycles. The van der Waals surface area contributed by atoms with Gasteiger partial charge in [-0.2, -0.15) is 4.31 Å².